The Morgan fingerprint density at radius 3 is 1.78 bits per heavy atom. The molecule has 3 amide bonds. The summed E-state index contributed by atoms with van der Waals surface area (Å²) in [7, 11) is 0. The number of alkyl carbamates (subject to hydrolysis) is 1. The molecule has 2 aromatic heterocycles. The number of nitrogens with one attached hydrogen (secondary N) is 4. The molecule has 1 aliphatic rings. The van der Waals surface area contributed by atoms with Gasteiger partial charge in [-0.05, 0) is 190 Å². The molecular weight excluding hydrogens is 1060 g/mol. The first-order valence-electron chi connectivity index (χ1n) is 27.2. The Hall–Kier alpha value is -9.02. The topological polar surface area (TPSA) is 200 Å². The lowest BCUT2D eigenvalue weighted by Crippen LogP contribution is -2.32. The van der Waals surface area contributed by atoms with E-state index in [-0.39, 0.29) is 50.0 Å². The van der Waals surface area contributed by atoms with Gasteiger partial charge in [0, 0.05) is 24.5 Å². The SMILES string of the molecule is C.Cc1cc(C(=O)Nc2cccc(C(NCC3CC3)c3ccc(OCc4ccccc4)cc3)c2)n(-c2cccc(CNC(=O)OC(C)(C)C)c2)n1.Cc1cc(C(=O)Nc2cccc(Cc3ccc(O)cc3)c2)n(-c2cccc(CN)c2)n1.Cl. The summed E-state index contributed by atoms with van der Waals surface area (Å²) in [5, 5.41) is 31.2. The number of hydrogen-bond acceptors (Lipinski definition) is 10. The minimum absolute atomic E-state index is 0. The van der Waals surface area contributed by atoms with Gasteiger partial charge in [-0.1, -0.05) is 111 Å². The number of nitrogens with two attached hydrogens (primary N) is 1. The average molecular weight is 1140 g/mol. The van der Waals surface area contributed by atoms with Gasteiger partial charge in [0.2, 0.25) is 0 Å². The number of amides is 3. The van der Waals surface area contributed by atoms with Gasteiger partial charge in [-0.3, -0.25) is 9.59 Å². The van der Waals surface area contributed by atoms with Gasteiger partial charge in [0.25, 0.3) is 11.8 Å². The van der Waals surface area contributed by atoms with Crippen LogP contribution in [0.2, 0.25) is 0 Å². The Morgan fingerprint density at radius 2 is 1.18 bits per heavy atom. The minimum Gasteiger partial charge on any atom is -0.508 e. The second kappa shape index (κ2) is 28.6. The van der Waals surface area contributed by atoms with Gasteiger partial charge in [-0.15, -0.1) is 12.4 Å². The van der Waals surface area contributed by atoms with Crippen LogP contribution in [0.25, 0.3) is 11.4 Å². The number of ether oxygens (including phenoxy) is 2. The molecule has 1 atom stereocenters. The fourth-order valence-electron chi connectivity index (χ4n) is 9.14. The first-order valence-corrected chi connectivity index (χ1v) is 27.2. The molecule has 430 valence electrons. The summed E-state index contributed by atoms with van der Waals surface area (Å²) in [6.07, 6.45) is 2.71. The van der Waals surface area contributed by atoms with Crippen LogP contribution in [0.5, 0.6) is 11.5 Å². The van der Waals surface area contributed by atoms with Crippen molar-refractivity contribution < 1.29 is 29.0 Å². The highest BCUT2D eigenvalue weighted by Crippen LogP contribution is 2.32. The number of aromatic nitrogens is 4. The number of anilines is 2. The Bertz CT molecular complexity index is 3590. The minimum atomic E-state index is -0.585. The number of carbonyl (C=O) groups is 3. The van der Waals surface area contributed by atoms with Gasteiger partial charge in [0.15, 0.2) is 0 Å². The Balaban J connectivity index is 0.000000258. The molecule has 1 fully saturated rings. The molecule has 7 aromatic carbocycles. The number of phenols is 1. The third kappa shape index (κ3) is 17.7. The summed E-state index contributed by atoms with van der Waals surface area (Å²) in [5.74, 6) is 1.25. The third-order valence-electron chi connectivity index (χ3n) is 13.3. The first-order chi connectivity index (χ1) is 39.1. The van der Waals surface area contributed by atoms with E-state index >= 15 is 0 Å². The Labute approximate surface area is 492 Å². The van der Waals surface area contributed by atoms with Crippen LogP contribution < -0.4 is 31.7 Å². The van der Waals surface area contributed by atoms with Gasteiger partial charge >= 0.3 is 6.09 Å². The molecule has 0 saturated heterocycles. The number of carbonyl (C=O) groups excluding carboxylic acids is 3. The summed E-state index contributed by atoms with van der Waals surface area (Å²) >= 11 is 0. The van der Waals surface area contributed by atoms with Crippen LogP contribution >= 0.6 is 12.4 Å². The number of aromatic hydroxyl groups is 1. The monoisotopic (exact) mass is 1140 g/mol. The van der Waals surface area contributed by atoms with Gasteiger partial charge < -0.3 is 41.6 Å². The first kappa shape index (κ1) is 61.6. The van der Waals surface area contributed by atoms with Gasteiger partial charge in [-0.25, -0.2) is 14.2 Å². The zero-order valence-corrected chi connectivity index (χ0v) is 47.6. The smallest absolute Gasteiger partial charge is 0.407 e. The number of rotatable bonds is 19. The van der Waals surface area contributed by atoms with E-state index < -0.39 is 11.7 Å². The summed E-state index contributed by atoms with van der Waals surface area (Å²) in [6, 6.07) is 59.9. The van der Waals surface area contributed by atoms with Gasteiger partial charge in [0.05, 0.1) is 28.8 Å². The molecule has 15 nitrogen and oxygen atoms in total. The second-order valence-corrected chi connectivity index (χ2v) is 21.3. The van der Waals surface area contributed by atoms with E-state index in [0.29, 0.717) is 59.6 Å². The van der Waals surface area contributed by atoms with Crippen LogP contribution in [-0.4, -0.2) is 54.7 Å². The van der Waals surface area contributed by atoms with E-state index in [0.717, 1.165) is 62.6 Å². The maximum atomic E-state index is 13.8. The van der Waals surface area contributed by atoms with Crippen LogP contribution in [0, 0.1) is 19.8 Å². The number of aryl methyl sites for hydroxylation is 2. The summed E-state index contributed by atoms with van der Waals surface area (Å²) < 4.78 is 14.7. The van der Waals surface area contributed by atoms with Crippen molar-refractivity contribution in [2.24, 2.45) is 11.7 Å². The fraction of sp³-hybridized carbons (Fsp3) is 0.239. The zero-order chi connectivity index (χ0) is 56.9. The molecule has 1 aliphatic carbocycles. The highest BCUT2D eigenvalue weighted by molar-refractivity contribution is 6.04. The number of nitrogens with zero attached hydrogens (tertiary/aromatic N) is 4. The average Bonchev–Trinajstić information content (AvgIpc) is 4.27. The molecule has 0 aliphatic heterocycles. The highest BCUT2D eigenvalue weighted by Gasteiger charge is 2.25. The molecule has 9 aromatic rings. The van der Waals surface area contributed by atoms with Crippen molar-refractivity contribution in [1.82, 2.24) is 30.2 Å². The van der Waals surface area contributed by atoms with E-state index in [1.807, 2.05) is 168 Å². The highest BCUT2D eigenvalue weighted by atomic mass is 35.5. The maximum Gasteiger partial charge on any atom is 0.407 e. The molecule has 7 N–H and O–H groups in total. The molecular formula is C67H74ClN9O6. The van der Waals surface area contributed by atoms with Crippen LogP contribution in [-0.2, 0) is 30.9 Å². The molecule has 0 radical (unpaired) electrons. The van der Waals surface area contributed by atoms with Crippen molar-refractivity contribution in [2.75, 3.05) is 17.2 Å². The molecule has 83 heavy (non-hydrogen) atoms. The predicted molar refractivity (Wildman–Crippen MR) is 331 cm³/mol. The van der Waals surface area contributed by atoms with Crippen LogP contribution in [0.15, 0.2) is 188 Å². The summed E-state index contributed by atoms with van der Waals surface area (Å²) in [6.45, 7) is 11.3. The van der Waals surface area contributed by atoms with Crippen molar-refractivity contribution in [3.63, 3.8) is 0 Å². The van der Waals surface area contributed by atoms with Crippen molar-refractivity contribution >= 4 is 41.7 Å². The molecule has 0 spiro atoms. The zero-order valence-electron chi connectivity index (χ0n) is 46.8. The van der Waals surface area contributed by atoms with Gasteiger partial charge in [-0.2, -0.15) is 10.2 Å². The van der Waals surface area contributed by atoms with Crippen LogP contribution in [0.1, 0.15) is 118 Å². The molecule has 2 heterocycles. The largest absolute Gasteiger partial charge is 0.508 e. The van der Waals surface area contributed by atoms with Crippen molar-refractivity contribution in [1.29, 1.82) is 0 Å². The van der Waals surface area contributed by atoms with E-state index in [9.17, 15) is 19.5 Å². The predicted octanol–water partition coefficient (Wildman–Crippen LogP) is 13.4. The normalized spacial score (nSPS) is 12.1. The number of halogens is 1. The fourth-order valence-corrected chi connectivity index (χ4v) is 9.14. The van der Waals surface area contributed by atoms with E-state index in [1.165, 1.54) is 12.8 Å². The Kier molecular flexibility index (Phi) is 21.2. The summed E-state index contributed by atoms with van der Waals surface area (Å²) in [5.41, 5.74) is 17.6. The molecule has 0 bridgehead atoms. The van der Waals surface area contributed by atoms with E-state index in [2.05, 4.69) is 61.8 Å². The molecule has 1 unspecified atom stereocenters. The van der Waals surface area contributed by atoms with E-state index in [4.69, 9.17) is 15.2 Å². The maximum absolute atomic E-state index is 13.8. The van der Waals surface area contributed by atoms with Crippen molar-refractivity contribution in [3.8, 4) is 22.9 Å². The molecule has 1 saturated carbocycles. The van der Waals surface area contributed by atoms with Crippen LogP contribution in [0.3, 0.4) is 0 Å². The standard InChI is InChI=1S/C41H45N5O4.C25H24N4O2.CH4.ClH/c1-28-22-37(46(45-28)35-15-8-12-31(23-35)26-43-40(48)50-41(2,3)4)39(47)44-34-14-9-13-33(24-34)38(42-25-29-16-17-29)32-18-20-36(21-19-32)49-27-30-10-6-5-7-11-30;1-17-12-24(29(28-17)22-7-3-5-20(15-22)16-26)25(31)27-21-6-2-4-19(14-21)13-18-8-10-23(30)11-9-18;;/h5-15,18-24,29,38,42H,16-17,25-27H2,1-4H3,(H,43,48)(H,44,47);2-12,14-15,30H,13,16,26H2,1H3,(H,27,31);1H4;1H. The molecule has 16 heteroatoms. The Morgan fingerprint density at radius 1 is 0.627 bits per heavy atom. The number of benzene rings is 7. The lowest BCUT2D eigenvalue weighted by molar-refractivity contribution is 0.0523. The lowest BCUT2D eigenvalue weighted by atomic mass is 9.97. The number of hydrogen-bond donors (Lipinski definition) is 6. The van der Waals surface area contributed by atoms with Crippen molar-refractivity contribution in [2.45, 2.75) is 92.6 Å². The summed E-state index contributed by atoms with van der Waals surface area (Å²) in [4.78, 5) is 39.0. The quantitative estimate of drug-likeness (QED) is 0.0453. The second-order valence-electron chi connectivity index (χ2n) is 21.3. The van der Waals surface area contributed by atoms with Crippen molar-refractivity contribution in [3.05, 3.63) is 250 Å². The number of phenolic OH excluding ortho intramolecular Hbond substituents is 1. The van der Waals surface area contributed by atoms with Gasteiger partial charge in [0.1, 0.15) is 35.1 Å². The van der Waals surface area contributed by atoms with Crippen LogP contribution in [0.4, 0.5) is 16.2 Å². The lowest BCUT2D eigenvalue weighted by Gasteiger charge is -2.21. The van der Waals surface area contributed by atoms with E-state index in [1.54, 1.807) is 33.6 Å². The molecule has 10 rings (SSSR count). The third-order valence-corrected chi connectivity index (χ3v) is 13.3.